The maximum Gasteiger partial charge on any atom is 0.0910 e. The van der Waals surface area contributed by atoms with Crippen molar-refractivity contribution in [3.8, 4) is 0 Å². The molecule has 1 aliphatic rings. The fourth-order valence-corrected chi connectivity index (χ4v) is 3.13. The lowest BCUT2D eigenvalue weighted by Gasteiger charge is -2.44. The third-order valence-corrected chi connectivity index (χ3v) is 6.11. The molecule has 0 bridgehead atoms. The number of rotatable bonds is 12. The molecule has 0 aromatic heterocycles. The van der Waals surface area contributed by atoms with Gasteiger partial charge >= 0.3 is 0 Å². The van der Waals surface area contributed by atoms with Crippen LogP contribution in [0.3, 0.4) is 0 Å². The lowest BCUT2D eigenvalue weighted by Crippen LogP contribution is -2.50. The monoisotopic (exact) mass is 314 g/mol. The molecule has 0 atom stereocenters. The normalized spacial score (nSPS) is 18.3. The van der Waals surface area contributed by atoms with E-state index in [1.54, 1.807) is 0 Å². The Balaban J connectivity index is 2.65. The van der Waals surface area contributed by atoms with E-state index < -0.39 is 0 Å². The second kappa shape index (κ2) is 8.65. The van der Waals surface area contributed by atoms with E-state index in [2.05, 4.69) is 41.5 Å². The second-order valence-electron chi connectivity index (χ2n) is 7.06. The fourth-order valence-electron chi connectivity index (χ4n) is 3.13. The van der Waals surface area contributed by atoms with Crippen molar-refractivity contribution in [2.75, 3.05) is 26.4 Å². The summed E-state index contributed by atoms with van der Waals surface area (Å²) in [7, 11) is 0. The van der Waals surface area contributed by atoms with Crippen molar-refractivity contribution in [1.82, 2.24) is 0 Å². The third kappa shape index (κ3) is 4.46. The molecule has 22 heavy (non-hydrogen) atoms. The van der Waals surface area contributed by atoms with Gasteiger partial charge in [0.25, 0.3) is 0 Å². The van der Waals surface area contributed by atoms with E-state index in [0.717, 1.165) is 58.3 Å². The highest BCUT2D eigenvalue weighted by Gasteiger charge is 2.41. The van der Waals surface area contributed by atoms with Crippen LogP contribution >= 0.6 is 0 Å². The summed E-state index contributed by atoms with van der Waals surface area (Å²) in [5, 5.41) is 0. The Morgan fingerprint density at radius 2 is 1.27 bits per heavy atom. The van der Waals surface area contributed by atoms with Crippen LogP contribution in [0.25, 0.3) is 0 Å². The minimum Gasteiger partial charge on any atom is -0.380 e. The van der Waals surface area contributed by atoms with Crippen LogP contribution in [0.5, 0.6) is 0 Å². The number of hydrogen-bond donors (Lipinski definition) is 0. The van der Waals surface area contributed by atoms with Crippen molar-refractivity contribution in [3.63, 3.8) is 0 Å². The minimum atomic E-state index is -0.150. The van der Waals surface area contributed by atoms with Crippen LogP contribution < -0.4 is 0 Å². The molecule has 0 radical (unpaired) electrons. The molecule has 0 spiro atoms. The van der Waals surface area contributed by atoms with Crippen LogP contribution in [0.2, 0.25) is 0 Å². The molecular weight excluding hydrogens is 276 g/mol. The summed E-state index contributed by atoms with van der Waals surface area (Å²) in [6.45, 7) is 16.5. The SMILES string of the molecule is CCC1(COC(CC)(CC)COC(CC)(CC)CC)COC1. The molecule has 132 valence electrons. The van der Waals surface area contributed by atoms with E-state index >= 15 is 0 Å². The second-order valence-corrected chi connectivity index (χ2v) is 7.06. The first-order valence-electron chi connectivity index (χ1n) is 9.34. The highest BCUT2D eigenvalue weighted by atomic mass is 16.6. The van der Waals surface area contributed by atoms with Crippen molar-refractivity contribution >= 4 is 0 Å². The fraction of sp³-hybridized carbons (Fsp3) is 1.00. The van der Waals surface area contributed by atoms with Crippen LogP contribution in [-0.4, -0.2) is 37.6 Å². The van der Waals surface area contributed by atoms with E-state index in [1.165, 1.54) is 0 Å². The van der Waals surface area contributed by atoms with Crippen molar-refractivity contribution in [3.05, 3.63) is 0 Å². The van der Waals surface area contributed by atoms with Gasteiger partial charge in [0.1, 0.15) is 0 Å². The van der Waals surface area contributed by atoms with Crippen LogP contribution in [0.4, 0.5) is 0 Å². The van der Waals surface area contributed by atoms with Crippen molar-refractivity contribution in [2.45, 2.75) is 91.3 Å². The van der Waals surface area contributed by atoms with Gasteiger partial charge in [0.05, 0.1) is 37.6 Å². The van der Waals surface area contributed by atoms with Gasteiger partial charge in [0.2, 0.25) is 0 Å². The molecule has 0 aromatic carbocycles. The van der Waals surface area contributed by atoms with Gasteiger partial charge in [-0.1, -0.05) is 41.5 Å². The number of hydrogen-bond acceptors (Lipinski definition) is 3. The Morgan fingerprint density at radius 1 is 0.773 bits per heavy atom. The Bertz CT molecular complexity index is 288. The van der Waals surface area contributed by atoms with Crippen molar-refractivity contribution in [2.24, 2.45) is 5.41 Å². The molecule has 1 heterocycles. The Kier molecular flexibility index (Phi) is 7.84. The molecule has 0 saturated carbocycles. The molecule has 0 aliphatic carbocycles. The zero-order chi connectivity index (χ0) is 16.7. The van der Waals surface area contributed by atoms with Crippen LogP contribution in [0.15, 0.2) is 0 Å². The van der Waals surface area contributed by atoms with E-state index in [9.17, 15) is 0 Å². The molecule has 1 saturated heterocycles. The third-order valence-electron chi connectivity index (χ3n) is 6.11. The van der Waals surface area contributed by atoms with Gasteiger partial charge in [-0.2, -0.15) is 0 Å². The van der Waals surface area contributed by atoms with Crippen LogP contribution in [0.1, 0.15) is 80.1 Å². The Labute approximate surface area is 138 Å². The summed E-state index contributed by atoms with van der Waals surface area (Å²) in [6, 6.07) is 0. The zero-order valence-electron chi connectivity index (χ0n) is 15.8. The summed E-state index contributed by atoms with van der Waals surface area (Å²) < 4.78 is 18.3. The standard InChI is InChI=1S/C19H38O3/c1-7-17(13-20-14-17)15-21-19(11-5,12-6)16-22-18(8-2,9-3)10-4/h7-16H2,1-6H3. The zero-order valence-corrected chi connectivity index (χ0v) is 15.8. The van der Waals surface area contributed by atoms with Gasteiger partial charge in [-0.05, 0) is 38.5 Å². The summed E-state index contributed by atoms with van der Waals surface area (Å²) in [4.78, 5) is 0. The minimum absolute atomic E-state index is 0.0149. The maximum absolute atomic E-state index is 6.45. The van der Waals surface area contributed by atoms with E-state index in [4.69, 9.17) is 14.2 Å². The van der Waals surface area contributed by atoms with Gasteiger partial charge in [-0.25, -0.2) is 0 Å². The predicted octanol–water partition coefficient (Wildman–Crippen LogP) is 4.97. The summed E-state index contributed by atoms with van der Waals surface area (Å²) in [5.41, 5.74) is 0.108. The molecule has 3 heteroatoms. The maximum atomic E-state index is 6.45. The van der Waals surface area contributed by atoms with Gasteiger partial charge in [-0.3, -0.25) is 0 Å². The summed E-state index contributed by atoms with van der Waals surface area (Å²) in [6.07, 6.45) is 6.32. The first-order chi connectivity index (χ1) is 10.5. The van der Waals surface area contributed by atoms with Crippen LogP contribution in [0, 0.1) is 5.41 Å². The number of ether oxygens (including phenoxy) is 3. The Hall–Kier alpha value is -0.120. The van der Waals surface area contributed by atoms with Crippen LogP contribution in [-0.2, 0) is 14.2 Å². The average Bonchev–Trinajstić information content (AvgIpc) is 2.54. The Morgan fingerprint density at radius 3 is 1.59 bits per heavy atom. The largest absolute Gasteiger partial charge is 0.380 e. The lowest BCUT2D eigenvalue weighted by molar-refractivity contribution is -0.206. The van der Waals surface area contributed by atoms with Gasteiger partial charge < -0.3 is 14.2 Å². The topological polar surface area (TPSA) is 27.7 Å². The van der Waals surface area contributed by atoms with Gasteiger partial charge in [0.15, 0.2) is 0 Å². The highest BCUT2D eigenvalue weighted by molar-refractivity contribution is 4.88. The molecule has 1 aliphatic heterocycles. The molecule has 0 N–H and O–H groups in total. The molecule has 0 unspecified atom stereocenters. The molecule has 1 fully saturated rings. The van der Waals surface area contributed by atoms with Gasteiger partial charge in [0, 0.05) is 5.41 Å². The summed E-state index contributed by atoms with van der Waals surface area (Å²) >= 11 is 0. The van der Waals surface area contributed by atoms with Crippen molar-refractivity contribution in [1.29, 1.82) is 0 Å². The summed E-state index contributed by atoms with van der Waals surface area (Å²) in [5.74, 6) is 0. The lowest BCUT2D eigenvalue weighted by atomic mass is 9.83. The van der Waals surface area contributed by atoms with Gasteiger partial charge in [-0.15, -0.1) is 0 Å². The molecule has 3 nitrogen and oxygen atoms in total. The molecule has 0 aromatic rings. The molecule has 0 amide bonds. The average molecular weight is 315 g/mol. The smallest absolute Gasteiger partial charge is 0.0910 e. The first-order valence-corrected chi connectivity index (χ1v) is 9.34. The molecule has 1 rings (SSSR count). The van der Waals surface area contributed by atoms with E-state index in [-0.39, 0.29) is 16.6 Å². The van der Waals surface area contributed by atoms with E-state index in [0.29, 0.717) is 6.61 Å². The molecular formula is C19H38O3. The highest BCUT2D eigenvalue weighted by Crippen LogP contribution is 2.35. The first kappa shape index (κ1) is 19.9. The predicted molar refractivity (Wildman–Crippen MR) is 92.4 cm³/mol. The quantitative estimate of drug-likeness (QED) is 0.509. The van der Waals surface area contributed by atoms with E-state index in [1.807, 2.05) is 0 Å². The van der Waals surface area contributed by atoms with Crippen molar-refractivity contribution < 1.29 is 14.2 Å².